The molecule has 0 fully saturated rings. The van der Waals surface area contributed by atoms with Crippen molar-refractivity contribution in [2.75, 3.05) is 12.0 Å². The number of oxime groups is 1. The van der Waals surface area contributed by atoms with Crippen LogP contribution in [-0.4, -0.2) is 28.2 Å². The highest BCUT2D eigenvalue weighted by atomic mass is 35.5. The summed E-state index contributed by atoms with van der Waals surface area (Å²) in [4.78, 5) is 15.7. The molecule has 0 amide bonds. The summed E-state index contributed by atoms with van der Waals surface area (Å²) < 4.78 is 39.7. The van der Waals surface area contributed by atoms with E-state index < -0.39 is 17.7 Å². The second kappa shape index (κ2) is 7.77. The van der Waals surface area contributed by atoms with Gasteiger partial charge in [-0.15, -0.1) is 11.8 Å². The number of alkyl halides is 3. The van der Waals surface area contributed by atoms with Crippen LogP contribution in [0.5, 0.6) is 0 Å². The summed E-state index contributed by atoms with van der Waals surface area (Å²) in [5.74, 6) is -0.543. The Bertz CT molecular complexity index is 861. The molecule has 12 heteroatoms. The molecule has 0 saturated carbocycles. The van der Waals surface area contributed by atoms with Gasteiger partial charge in [0.1, 0.15) is 17.2 Å². The lowest BCUT2D eigenvalue weighted by Crippen LogP contribution is -2.08. The topological polar surface area (TPSA) is 82.5 Å². The highest BCUT2D eigenvalue weighted by Gasteiger charge is 2.32. The van der Waals surface area contributed by atoms with Crippen LogP contribution in [-0.2, 0) is 15.8 Å². The average Bonchev–Trinajstić information content (AvgIpc) is 2.81. The maximum atomic E-state index is 12.9. The average molecular weight is 427 g/mol. The molecule has 0 radical (unpaired) electrons. The van der Waals surface area contributed by atoms with Gasteiger partial charge in [-0.2, -0.15) is 18.3 Å². The van der Waals surface area contributed by atoms with Crippen LogP contribution in [0.25, 0.3) is 5.69 Å². The third kappa shape index (κ3) is 4.25. The van der Waals surface area contributed by atoms with E-state index in [0.717, 1.165) is 23.0 Å². The molecule has 0 atom stereocenters. The number of benzene rings is 1. The number of rotatable bonds is 4. The highest BCUT2D eigenvalue weighted by Crippen LogP contribution is 2.39. The van der Waals surface area contributed by atoms with Crippen molar-refractivity contribution in [3.63, 3.8) is 0 Å². The zero-order valence-electron chi connectivity index (χ0n) is 13.3. The van der Waals surface area contributed by atoms with Gasteiger partial charge < -0.3 is 10.6 Å². The van der Waals surface area contributed by atoms with E-state index in [9.17, 15) is 18.0 Å². The predicted molar refractivity (Wildman–Crippen MR) is 94.1 cm³/mol. The number of anilines is 1. The monoisotopic (exact) mass is 426 g/mol. The Kier molecular flexibility index (Phi) is 6.09. The molecule has 140 valence electrons. The van der Waals surface area contributed by atoms with Crippen LogP contribution >= 0.6 is 35.0 Å². The number of nitrogen functional groups attached to an aromatic ring is 1. The minimum Gasteiger partial charge on any atom is -0.383 e. The molecular weight excluding hydrogens is 416 g/mol. The third-order valence-electron chi connectivity index (χ3n) is 3.02. The van der Waals surface area contributed by atoms with Gasteiger partial charge in [0.2, 0.25) is 0 Å². The fourth-order valence-corrected chi connectivity index (χ4v) is 3.23. The zero-order chi connectivity index (χ0) is 19.6. The number of nitrogens with zero attached hydrogens (tertiary/aromatic N) is 3. The first kappa shape index (κ1) is 20.4. The third-order valence-corrected chi connectivity index (χ3v) is 4.42. The summed E-state index contributed by atoms with van der Waals surface area (Å²) in [5.41, 5.74) is 5.23. The van der Waals surface area contributed by atoms with Gasteiger partial charge in [0, 0.05) is 6.92 Å². The van der Waals surface area contributed by atoms with Crippen molar-refractivity contribution in [3.8, 4) is 5.69 Å². The molecule has 0 aliphatic rings. The standard InChI is InChI=1S/C14H11Cl2F3N4O2S/c1-6(24)25-21-5-10-12(26-2)13(20)23(22-10)11-8(15)3-7(4-9(11)16)14(17,18)19/h3-5H,20H2,1-2H3. The molecule has 26 heavy (non-hydrogen) atoms. The summed E-state index contributed by atoms with van der Waals surface area (Å²) in [7, 11) is 0. The lowest BCUT2D eigenvalue weighted by Gasteiger charge is -2.13. The molecule has 2 rings (SSSR count). The van der Waals surface area contributed by atoms with E-state index in [2.05, 4.69) is 15.1 Å². The van der Waals surface area contributed by atoms with Crippen molar-refractivity contribution in [1.29, 1.82) is 0 Å². The van der Waals surface area contributed by atoms with Gasteiger partial charge in [0.05, 0.1) is 26.7 Å². The van der Waals surface area contributed by atoms with Crippen molar-refractivity contribution in [2.45, 2.75) is 18.0 Å². The number of thioether (sulfide) groups is 1. The minimum atomic E-state index is -4.60. The van der Waals surface area contributed by atoms with E-state index in [-0.39, 0.29) is 27.2 Å². The van der Waals surface area contributed by atoms with Crippen molar-refractivity contribution in [3.05, 3.63) is 33.4 Å². The summed E-state index contributed by atoms with van der Waals surface area (Å²) in [6, 6.07) is 1.46. The second-order valence-electron chi connectivity index (χ2n) is 4.82. The fourth-order valence-electron chi connectivity index (χ4n) is 1.98. The van der Waals surface area contributed by atoms with Crippen LogP contribution in [0.2, 0.25) is 10.0 Å². The smallest absolute Gasteiger partial charge is 0.383 e. The number of carbonyl (C=O) groups excluding carboxylic acids is 1. The number of aromatic nitrogens is 2. The van der Waals surface area contributed by atoms with Crippen LogP contribution in [0.3, 0.4) is 0 Å². The number of carbonyl (C=O) groups is 1. The Morgan fingerprint density at radius 1 is 1.38 bits per heavy atom. The molecule has 1 aromatic carbocycles. The summed E-state index contributed by atoms with van der Waals surface area (Å²) in [5, 5.41) is 7.03. The van der Waals surface area contributed by atoms with E-state index >= 15 is 0 Å². The summed E-state index contributed by atoms with van der Waals surface area (Å²) in [6.07, 6.45) is -1.75. The van der Waals surface area contributed by atoms with Crippen molar-refractivity contribution in [1.82, 2.24) is 9.78 Å². The van der Waals surface area contributed by atoms with Crippen LogP contribution in [0.4, 0.5) is 19.0 Å². The van der Waals surface area contributed by atoms with Gasteiger partial charge in [0.15, 0.2) is 0 Å². The summed E-state index contributed by atoms with van der Waals surface area (Å²) in [6.45, 7) is 1.17. The van der Waals surface area contributed by atoms with Gasteiger partial charge in [-0.25, -0.2) is 9.48 Å². The van der Waals surface area contributed by atoms with E-state index in [1.165, 1.54) is 18.7 Å². The first-order chi connectivity index (χ1) is 12.1. The van der Waals surface area contributed by atoms with Crippen molar-refractivity contribution in [2.24, 2.45) is 5.16 Å². The van der Waals surface area contributed by atoms with Gasteiger partial charge in [-0.05, 0) is 18.4 Å². The minimum absolute atomic E-state index is 0.0127. The lowest BCUT2D eigenvalue weighted by molar-refractivity contribution is -0.141. The van der Waals surface area contributed by atoms with Crippen LogP contribution in [0, 0.1) is 0 Å². The van der Waals surface area contributed by atoms with Crippen LogP contribution in [0.1, 0.15) is 18.2 Å². The highest BCUT2D eigenvalue weighted by molar-refractivity contribution is 7.98. The van der Waals surface area contributed by atoms with Crippen LogP contribution < -0.4 is 5.73 Å². The fraction of sp³-hybridized carbons (Fsp3) is 0.214. The first-order valence-corrected chi connectivity index (χ1v) is 8.74. The molecule has 2 aromatic rings. The Morgan fingerprint density at radius 2 is 1.96 bits per heavy atom. The maximum absolute atomic E-state index is 12.9. The molecule has 0 aliphatic heterocycles. The second-order valence-corrected chi connectivity index (χ2v) is 6.45. The molecule has 0 saturated heterocycles. The maximum Gasteiger partial charge on any atom is 0.416 e. The summed E-state index contributed by atoms with van der Waals surface area (Å²) >= 11 is 13.2. The molecule has 6 nitrogen and oxygen atoms in total. The lowest BCUT2D eigenvalue weighted by atomic mass is 10.2. The molecule has 0 spiro atoms. The molecular formula is C14H11Cl2F3N4O2S. The van der Waals surface area contributed by atoms with Gasteiger partial charge in [-0.3, -0.25) is 0 Å². The number of hydrogen-bond donors (Lipinski definition) is 1. The van der Waals surface area contributed by atoms with E-state index in [0.29, 0.717) is 4.90 Å². The molecule has 0 aliphatic carbocycles. The van der Waals surface area contributed by atoms with Crippen molar-refractivity contribution < 1.29 is 22.8 Å². The number of nitrogens with two attached hydrogens (primary N) is 1. The number of halogens is 5. The Morgan fingerprint density at radius 3 is 2.42 bits per heavy atom. The predicted octanol–water partition coefficient (Wildman–Crippen LogP) is 4.40. The van der Waals surface area contributed by atoms with Gasteiger partial charge in [0.25, 0.3) is 0 Å². The molecule has 1 heterocycles. The quantitative estimate of drug-likeness (QED) is 0.339. The normalized spacial score (nSPS) is 12.0. The van der Waals surface area contributed by atoms with Gasteiger partial charge >= 0.3 is 12.1 Å². The zero-order valence-corrected chi connectivity index (χ0v) is 15.6. The van der Waals surface area contributed by atoms with Crippen molar-refractivity contribution >= 4 is 53.0 Å². The number of hydrogen-bond acceptors (Lipinski definition) is 6. The van der Waals surface area contributed by atoms with E-state index in [1.54, 1.807) is 6.26 Å². The van der Waals surface area contributed by atoms with E-state index in [1.807, 2.05) is 0 Å². The molecule has 0 unspecified atom stereocenters. The van der Waals surface area contributed by atoms with Gasteiger partial charge in [-0.1, -0.05) is 28.4 Å². The van der Waals surface area contributed by atoms with E-state index in [4.69, 9.17) is 28.9 Å². The first-order valence-electron chi connectivity index (χ1n) is 6.76. The Labute approximate surface area is 160 Å². The van der Waals surface area contributed by atoms with Crippen LogP contribution in [0.15, 0.2) is 22.2 Å². The Hall–Kier alpha value is -1.91. The molecule has 2 N–H and O–H groups in total. The Balaban J connectivity index is 2.57. The SMILES string of the molecule is CSc1c(C=NOC(C)=O)nn(-c2c(Cl)cc(C(F)(F)F)cc2Cl)c1N. The largest absolute Gasteiger partial charge is 0.416 e. The molecule has 0 bridgehead atoms. The molecule has 1 aromatic heterocycles.